The lowest BCUT2D eigenvalue weighted by Gasteiger charge is -2.18. The minimum absolute atomic E-state index is 0. The lowest BCUT2D eigenvalue weighted by atomic mass is 10.1. The molecule has 3 N–H and O–H groups in total. The van der Waals surface area contributed by atoms with Crippen LogP contribution in [0, 0.1) is 5.92 Å². The predicted octanol–water partition coefficient (Wildman–Crippen LogP) is 2.72. The first-order valence-corrected chi connectivity index (χ1v) is 6.57. The Bertz CT molecular complexity index is 457. The van der Waals surface area contributed by atoms with E-state index < -0.39 is 0 Å². The number of benzene rings is 1. The van der Waals surface area contributed by atoms with Gasteiger partial charge in [0.05, 0.1) is 0 Å². The lowest BCUT2D eigenvalue weighted by molar-refractivity contribution is -0.122. The highest BCUT2D eigenvalue weighted by molar-refractivity contribution is 6.30. The molecule has 1 aromatic rings. The SMILES string of the molecule is CC(C)(N)CNC(=O)C1CC1c1cccc(Cl)c1.Cl. The van der Waals surface area contributed by atoms with E-state index in [1.54, 1.807) is 0 Å². The van der Waals surface area contributed by atoms with Crippen molar-refractivity contribution in [2.24, 2.45) is 11.7 Å². The van der Waals surface area contributed by atoms with Gasteiger partial charge in [0.2, 0.25) is 5.91 Å². The third-order valence-electron chi connectivity index (χ3n) is 3.12. The Balaban J connectivity index is 0.00000180. The van der Waals surface area contributed by atoms with Crippen molar-refractivity contribution in [1.29, 1.82) is 0 Å². The summed E-state index contributed by atoms with van der Waals surface area (Å²) in [5.41, 5.74) is 6.62. The fraction of sp³-hybridized carbons (Fsp3) is 0.500. The molecule has 2 atom stereocenters. The number of carbonyl (C=O) groups excluding carboxylic acids is 1. The van der Waals surface area contributed by atoms with Crippen LogP contribution in [0.1, 0.15) is 31.7 Å². The van der Waals surface area contributed by atoms with Crippen LogP contribution in [0.5, 0.6) is 0 Å². The zero-order valence-corrected chi connectivity index (χ0v) is 12.7. The molecule has 3 nitrogen and oxygen atoms in total. The highest BCUT2D eigenvalue weighted by Crippen LogP contribution is 2.47. The van der Waals surface area contributed by atoms with Crippen molar-refractivity contribution in [3.05, 3.63) is 34.9 Å². The summed E-state index contributed by atoms with van der Waals surface area (Å²) in [7, 11) is 0. The van der Waals surface area contributed by atoms with Gasteiger partial charge in [0.25, 0.3) is 0 Å². The van der Waals surface area contributed by atoms with Gasteiger partial charge >= 0.3 is 0 Å². The second-order valence-electron chi connectivity index (χ2n) is 5.71. The number of rotatable bonds is 4. The monoisotopic (exact) mass is 302 g/mol. The fourth-order valence-electron chi connectivity index (χ4n) is 2.04. The zero-order valence-electron chi connectivity index (χ0n) is 11.2. The molecule has 1 aliphatic rings. The molecule has 1 fully saturated rings. The Hall–Kier alpha value is -0.770. The van der Waals surface area contributed by atoms with Gasteiger partial charge in [-0.2, -0.15) is 0 Å². The number of hydrogen-bond donors (Lipinski definition) is 2. The quantitative estimate of drug-likeness (QED) is 0.898. The maximum absolute atomic E-state index is 11.9. The van der Waals surface area contributed by atoms with Crippen LogP contribution in [0.15, 0.2) is 24.3 Å². The molecular formula is C14H20Cl2N2O. The summed E-state index contributed by atoms with van der Waals surface area (Å²) in [4.78, 5) is 11.9. The van der Waals surface area contributed by atoms with E-state index in [0.29, 0.717) is 12.5 Å². The Morgan fingerprint density at radius 2 is 2.21 bits per heavy atom. The van der Waals surface area contributed by atoms with Crippen LogP contribution < -0.4 is 11.1 Å². The molecule has 2 rings (SSSR count). The van der Waals surface area contributed by atoms with Crippen molar-refractivity contribution in [2.45, 2.75) is 31.7 Å². The Kier molecular flexibility index (Phi) is 5.25. The van der Waals surface area contributed by atoms with Crippen LogP contribution in [0.2, 0.25) is 5.02 Å². The highest BCUT2D eigenvalue weighted by Gasteiger charge is 2.43. The summed E-state index contributed by atoms with van der Waals surface area (Å²) in [6.07, 6.45) is 0.900. The van der Waals surface area contributed by atoms with E-state index in [1.807, 2.05) is 38.1 Å². The first-order valence-electron chi connectivity index (χ1n) is 6.19. The molecule has 0 heterocycles. The molecule has 5 heteroatoms. The van der Waals surface area contributed by atoms with E-state index in [0.717, 1.165) is 17.0 Å². The summed E-state index contributed by atoms with van der Waals surface area (Å²) >= 11 is 5.95. The summed E-state index contributed by atoms with van der Waals surface area (Å²) in [6, 6.07) is 7.73. The second-order valence-corrected chi connectivity index (χ2v) is 6.15. The minimum atomic E-state index is -0.365. The molecule has 1 saturated carbocycles. The molecule has 0 aliphatic heterocycles. The van der Waals surface area contributed by atoms with Gasteiger partial charge in [-0.1, -0.05) is 23.7 Å². The maximum atomic E-state index is 11.9. The van der Waals surface area contributed by atoms with Crippen molar-refractivity contribution >= 4 is 29.9 Å². The molecule has 1 amide bonds. The lowest BCUT2D eigenvalue weighted by Crippen LogP contribution is -2.45. The predicted molar refractivity (Wildman–Crippen MR) is 80.8 cm³/mol. The molecule has 0 radical (unpaired) electrons. The van der Waals surface area contributed by atoms with Gasteiger partial charge in [-0.25, -0.2) is 0 Å². The molecule has 1 aromatic carbocycles. The van der Waals surface area contributed by atoms with E-state index >= 15 is 0 Å². The van der Waals surface area contributed by atoms with Crippen LogP contribution in [-0.4, -0.2) is 18.0 Å². The largest absolute Gasteiger partial charge is 0.354 e. The van der Waals surface area contributed by atoms with Gasteiger partial charge in [0, 0.05) is 23.0 Å². The van der Waals surface area contributed by atoms with Crippen molar-refractivity contribution in [1.82, 2.24) is 5.32 Å². The summed E-state index contributed by atoms with van der Waals surface area (Å²) in [5.74, 6) is 0.480. The van der Waals surface area contributed by atoms with Gasteiger partial charge in [-0.3, -0.25) is 4.79 Å². The molecule has 19 heavy (non-hydrogen) atoms. The summed E-state index contributed by atoms with van der Waals surface area (Å²) < 4.78 is 0. The first kappa shape index (κ1) is 16.3. The topological polar surface area (TPSA) is 55.1 Å². The van der Waals surface area contributed by atoms with Gasteiger partial charge in [0.15, 0.2) is 0 Å². The number of halogens is 2. The van der Waals surface area contributed by atoms with E-state index in [4.69, 9.17) is 17.3 Å². The summed E-state index contributed by atoms with van der Waals surface area (Å²) in [5, 5.41) is 3.63. The van der Waals surface area contributed by atoms with Crippen molar-refractivity contribution in [2.75, 3.05) is 6.54 Å². The zero-order chi connectivity index (χ0) is 13.3. The van der Waals surface area contributed by atoms with Crippen LogP contribution in [0.3, 0.4) is 0 Å². The maximum Gasteiger partial charge on any atom is 0.223 e. The van der Waals surface area contributed by atoms with Gasteiger partial charge in [-0.05, 0) is 43.9 Å². The van der Waals surface area contributed by atoms with Gasteiger partial charge in [0.1, 0.15) is 0 Å². The number of nitrogens with two attached hydrogens (primary N) is 1. The first-order chi connectivity index (χ1) is 8.37. The van der Waals surface area contributed by atoms with E-state index in [9.17, 15) is 4.79 Å². The minimum Gasteiger partial charge on any atom is -0.354 e. The second kappa shape index (κ2) is 6.12. The third kappa shape index (κ3) is 4.68. The third-order valence-corrected chi connectivity index (χ3v) is 3.36. The molecule has 0 aromatic heterocycles. The van der Waals surface area contributed by atoms with Crippen molar-refractivity contribution in [3.8, 4) is 0 Å². The molecule has 106 valence electrons. The molecule has 0 saturated heterocycles. The fourth-order valence-corrected chi connectivity index (χ4v) is 2.24. The Labute approximate surface area is 125 Å². The normalized spacial score (nSPS) is 21.5. The summed E-state index contributed by atoms with van der Waals surface area (Å²) in [6.45, 7) is 4.30. The molecule has 0 spiro atoms. The molecule has 0 bridgehead atoms. The van der Waals surface area contributed by atoms with E-state index in [2.05, 4.69) is 5.32 Å². The van der Waals surface area contributed by atoms with Crippen LogP contribution in [-0.2, 0) is 4.79 Å². The smallest absolute Gasteiger partial charge is 0.223 e. The molecule has 2 unspecified atom stereocenters. The molecular weight excluding hydrogens is 283 g/mol. The Morgan fingerprint density at radius 3 is 2.79 bits per heavy atom. The average Bonchev–Trinajstić information content (AvgIpc) is 3.05. The average molecular weight is 303 g/mol. The highest BCUT2D eigenvalue weighted by atomic mass is 35.5. The van der Waals surface area contributed by atoms with Crippen LogP contribution >= 0.6 is 24.0 Å². The van der Waals surface area contributed by atoms with Crippen LogP contribution in [0.4, 0.5) is 0 Å². The number of hydrogen-bond acceptors (Lipinski definition) is 2. The van der Waals surface area contributed by atoms with Gasteiger partial charge in [-0.15, -0.1) is 12.4 Å². The van der Waals surface area contributed by atoms with Crippen LogP contribution in [0.25, 0.3) is 0 Å². The van der Waals surface area contributed by atoms with Gasteiger partial charge < -0.3 is 11.1 Å². The Morgan fingerprint density at radius 1 is 1.53 bits per heavy atom. The van der Waals surface area contributed by atoms with E-state index in [-0.39, 0.29) is 29.8 Å². The number of amides is 1. The number of carbonyl (C=O) groups is 1. The number of nitrogens with one attached hydrogen (secondary N) is 1. The molecule has 1 aliphatic carbocycles. The van der Waals surface area contributed by atoms with Crippen molar-refractivity contribution < 1.29 is 4.79 Å². The standard InChI is InChI=1S/C14H19ClN2O.ClH/c1-14(2,16)8-17-13(18)12-7-11(12)9-4-3-5-10(15)6-9;/h3-6,11-12H,7-8,16H2,1-2H3,(H,17,18);1H. The van der Waals surface area contributed by atoms with E-state index in [1.165, 1.54) is 0 Å². The van der Waals surface area contributed by atoms with Crippen molar-refractivity contribution in [3.63, 3.8) is 0 Å².